The van der Waals surface area contributed by atoms with Gasteiger partial charge in [-0.2, -0.15) is 5.10 Å². The van der Waals surface area contributed by atoms with Gasteiger partial charge < -0.3 is 5.32 Å². The molecule has 2 heterocycles. The maximum absolute atomic E-state index is 12.7. The van der Waals surface area contributed by atoms with Crippen LogP contribution in [-0.4, -0.2) is 21.5 Å². The number of thiophene rings is 1. The van der Waals surface area contributed by atoms with Crippen molar-refractivity contribution in [1.82, 2.24) is 9.78 Å². The molecule has 0 aliphatic heterocycles. The van der Waals surface area contributed by atoms with Crippen LogP contribution in [0.5, 0.6) is 0 Å². The van der Waals surface area contributed by atoms with Gasteiger partial charge in [0.1, 0.15) is 4.83 Å². The normalized spacial score (nSPS) is 10.9. The zero-order valence-corrected chi connectivity index (χ0v) is 15.7. The van der Waals surface area contributed by atoms with Crippen molar-refractivity contribution < 1.29 is 9.59 Å². The summed E-state index contributed by atoms with van der Waals surface area (Å²) in [5.74, 6) is -0.177. The molecule has 0 aliphatic rings. The zero-order valence-electron chi connectivity index (χ0n) is 14.9. The van der Waals surface area contributed by atoms with Crippen LogP contribution in [0.15, 0.2) is 60.7 Å². The number of para-hydroxylation sites is 1. The van der Waals surface area contributed by atoms with Gasteiger partial charge in [0.2, 0.25) is 0 Å². The van der Waals surface area contributed by atoms with Crippen LogP contribution >= 0.6 is 11.3 Å². The Bertz CT molecular complexity index is 1140. The minimum Gasteiger partial charge on any atom is -0.321 e. The van der Waals surface area contributed by atoms with Crippen molar-refractivity contribution in [3.05, 3.63) is 76.8 Å². The summed E-state index contributed by atoms with van der Waals surface area (Å²) in [5.41, 5.74) is 3.12. The summed E-state index contributed by atoms with van der Waals surface area (Å²) in [5, 5.41) is 8.45. The number of aryl methyl sites for hydroxylation is 1. The van der Waals surface area contributed by atoms with E-state index in [1.807, 2.05) is 48.0 Å². The average molecular weight is 375 g/mol. The molecule has 0 unspecified atom stereocenters. The Morgan fingerprint density at radius 3 is 2.41 bits per heavy atom. The lowest BCUT2D eigenvalue weighted by molar-refractivity contribution is 0.101. The third kappa shape index (κ3) is 3.27. The van der Waals surface area contributed by atoms with Crippen LogP contribution in [0.25, 0.3) is 15.9 Å². The van der Waals surface area contributed by atoms with Gasteiger partial charge >= 0.3 is 0 Å². The SMILES string of the molecule is CC(=O)c1ccc(NC(=O)c2cc3c(C)nn(-c4ccccc4)c3s2)cc1. The first-order chi connectivity index (χ1) is 13.0. The van der Waals surface area contributed by atoms with Gasteiger partial charge in [0, 0.05) is 16.6 Å². The van der Waals surface area contributed by atoms with Crippen molar-refractivity contribution >= 4 is 38.9 Å². The van der Waals surface area contributed by atoms with E-state index in [0.29, 0.717) is 16.1 Å². The second-order valence-corrected chi connectivity index (χ2v) is 7.28. The third-order valence-corrected chi connectivity index (χ3v) is 5.43. The van der Waals surface area contributed by atoms with Crippen molar-refractivity contribution in [2.75, 3.05) is 5.32 Å². The fraction of sp³-hybridized carbons (Fsp3) is 0.0952. The molecule has 2 aromatic heterocycles. The molecular formula is C21H17N3O2S. The largest absolute Gasteiger partial charge is 0.321 e. The van der Waals surface area contributed by atoms with E-state index in [2.05, 4.69) is 10.4 Å². The number of rotatable bonds is 4. The van der Waals surface area contributed by atoms with Crippen molar-refractivity contribution in [1.29, 1.82) is 0 Å². The maximum Gasteiger partial charge on any atom is 0.265 e. The van der Waals surface area contributed by atoms with Crippen LogP contribution in [-0.2, 0) is 0 Å². The summed E-state index contributed by atoms with van der Waals surface area (Å²) in [7, 11) is 0. The molecule has 0 saturated heterocycles. The van der Waals surface area contributed by atoms with Crippen LogP contribution in [0.4, 0.5) is 5.69 Å². The monoisotopic (exact) mass is 375 g/mol. The number of nitrogens with one attached hydrogen (secondary N) is 1. The highest BCUT2D eigenvalue weighted by molar-refractivity contribution is 7.20. The summed E-state index contributed by atoms with van der Waals surface area (Å²) >= 11 is 1.41. The van der Waals surface area contributed by atoms with Gasteiger partial charge in [0.15, 0.2) is 5.78 Å². The van der Waals surface area contributed by atoms with Crippen molar-refractivity contribution in [2.24, 2.45) is 0 Å². The molecule has 0 spiro atoms. The van der Waals surface area contributed by atoms with E-state index >= 15 is 0 Å². The minimum absolute atomic E-state index is 0.00155. The number of amides is 1. The Labute approximate surface area is 160 Å². The molecule has 134 valence electrons. The highest BCUT2D eigenvalue weighted by Crippen LogP contribution is 2.30. The molecule has 0 bridgehead atoms. The second-order valence-electron chi connectivity index (χ2n) is 6.25. The Morgan fingerprint density at radius 1 is 1.04 bits per heavy atom. The molecule has 0 saturated carbocycles. The summed E-state index contributed by atoms with van der Waals surface area (Å²) in [6.07, 6.45) is 0. The number of fused-ring (bicyclic) bond motifs is 1. The summed E-state index contributed by atoms with van der Waals surface area (Å²) < 4.78 is 1.87. The van der Waals surface area contributed by atoms with E-state index in [1.54, 1.807) is 24.3 Å². The van der Waals surface area contributed by atoms with E-state index in [1.165, 1.54) is 18.3 Å². The molecule has 4 aromatic rings. The van der Waals surface area contributed by atoms with Crippen LogP contribution in [0.1, 0.15) is 32.6 Å². The van der Waals surface area contributed by atoms with Gasteiger partial charge in [-0.05, 0) is 56.3 Å². The molecule has 0 atom stereocenters. The molecule has 2 aromatic carbocycles. The Kier molecular flexibility index (Phi) is 4.33. The first kappa shape index (κ1) is 17.2. The predicted molar refractivity (Wildman–Crippen MR) is 108 cm³/mol. The fourth-order valence-electron chi connectivity index (χ4n) is 2.88. The fourth-order valence-corrected chi connectivity index (χ4v) is 3.96. The summed E-state index contributed by atoms with van der Waals surface area (Å²) in [6.45, 7) is 3.46. The lowest BCUT2D eigenvalue weighted by atomic mass is 10.1. The van der Waals surface area contributed by atoms with Gasteiger partial charge in [0.25, 0.3) is 5.91 Å². The molecular weight excluding hydrogens is 358 g/mol. The Hall–Kier alpha value is -3.25. The van der Waals surface area contributed by atoms with E-state index < -0.39 is 0 Å². The minimum atomic E-state index is -0.175. The quantitative estimate of drug-likeness (QED) is 0.519. The molecule has 5 nitrogen and oxygen atoms in total. The number of hydrogen-bond donors (Lipinski definition) is 1. The Morgan fingerprint density at radius 2 is 1.74 bits per heavy atom. The standard InChI is InChI=1S/C21H17N3O2S/c1-13-18-12-19(20(26)22-16-10-8-15(9-11-16)14(2)25)27-21(18)24(23-13)17-6-4-3-5-7-17/h3-12H,1-2H3,(H,22,26). The van der Waals surface area contributed by atoms with Gasteiger partial charge in [-0.3, -0.25) is 9.59 Å². The lowest BCUT2D eigenvalue weighted by Crippen LogP contribution is -2.10. The third-order valence-electron chi connectivity index (χ3n) is 4.32. The summed E-state index contributed by atoms with van der Waals surface area (Å²) in [4.78, 5) is 25.6. The number of ketones is 1. The highest BCUT2D eigenvalue weighted by atomic mass is 32.1. The maximum atomic E-state index is 12.7. The van der Waals surface area contributed by atoms with Crippen molar-refractivity contribution in [3.8, 4) is 5.69 Å². The van der Waals surface area contributed by atoms with Crippen molar-refractivity contribution in [3.63, 3.8) is 0 Å². The average Bonchev–Trinajstić information content (AvgIpc) is 3.24. The molecule has 6 heteroatoms. The number of anilines is 1. The van der Waals surface area contributed by atoms with Crippen LogP contribution < -0.4 is 5.32 Å². The number of carbonyl (C=O) groups excluding carboxylic acids is 2. The number of hydrogen-bond acceptors (Lipinski definition) is 4. The van der Waals surface area contributed by atoms with Crippen LogP contribution in [0, 0.1) is 6.92 Å². The van der Waals surface area contributed by atoms with E-state index in [0.717, 1.165) is 21.6 Å². The number of Topliss-reactive ketones (excluding diaryl/α,β-unsaturated/α-hetero) is 1. The topological polar surface area (TPSA) is 64.0 Å². The Balaban J connectivity index is 1.64. The first-order valence-corrected chi connectivity index (χ1v) is 9.31. The molecule has 4 rings (SSSR count). The zero-order chi connectivity index (χ0) is 19.0. The highest BCUT2D eigenvalue weighted by Gasteiger charge is 2.17. The molecule has 0 radical (unpaired) electrons. The molecule has 27 heavy (non-hydrogen) atoms. The number of aromatic nitrogens is 2. The van der Waals surface area contributed by atoms with Gasteiger partial charge in [-0.1, -0.05) is 18.2 Å². The lowest BCUT2D eigenvalue weighted by Gasteiger charge is -2.04. The van der Waals surface area contributed by atoms with Gasteiger partial charge in [-0.25, -0.2) is 4.68 Å². The van der Waals surface area contributed by atoms with Gasteiger partial charge in [0.05, 0.1) is 16.3 Å². The number of nitrogens with zero attached hydrogens (tertiary/aromatic N) is 2. The molecule has 1 amide bonds. The number of benzene rings is 2. The van der Waals surface area contributed by atoms with E-state index in [-0.39, 0.29) is 11.7 Å². The van der Waals surface area contributed by atoms with E-state index in [9.17, 15) is 9.59 Å². The summed E-state index contributed by atoms with van der Waals surface area (Å²) in [6, 6.07) is 18.6. The number of carbonyl (C=O) groups is 2. The van der Waals surface area contributed by atoms with E-state index in [4.69, 9.17) is 0 Å². The van der Waals surface area contributed by atoms with Gasteiger partial charge in [-0.15, -0.1) is 11.3 Å². The molecule has 0 aliphatic carbocycles. The van der Waals surface area contributed by atoms with Crippen molar-refractivity contribution in [2.45, 2.75) is 13.8 Å². The molecule has 0 fully saturated rings. The predicted octanol–water partition coefficient (Wildman–Crippen LogP) is 4.85. The first-order valence-electron chi connectivity index (χ1n) is 8.50. The second kappa shape index (κ2) is 6.81. The smallest absolute Gasteiger partial charge is 0.265 e. The van der Waals surface area contributed by atoms with Crippen LogP contribution in [0.2, 0.25) is 0 Å². The molecule has 1 N–H and O–H groups in total. The van der Waals surface area contributed by atoms with Crippen LogP contribution in [0.3, 0.4) is 0 Å².